The number of aromatic amines is 1. The van der Waals surface area contributed by atoms with Gasteiger partial charge < -0.3 is 9.88 Å². The van der Waals surface area contributed by atoms with Gasteiger partial charge in [-0.2, -0.15) is 0 Å². The van der Waals surface area contributed by atoms with E-state index >= 15 is 0 Å². The third-order valence-electron chi connectivity index (χ3n) is 3.01. The monoisotopic (exact) mass is 292 g/mol. The lowest BCUT2D eigenvalue weighted by molar-refractivity contribution is 0.553. The molecule has 1 aromatic carbocycles. The van der Waals surface area contributed by atoms with Crippen LogP contribution in [0.15, 0.2) is 53.1 Å². The topological polar surface area (TPSA) is 36.1 Å². The van der Waals surface area contributed by atoms with Crippen molar-refractivity contribution in [1.29, 1.82) is 0 Å². The number of aromatic nitrogens is 1. The van der Waals surface area contributed by atoms with Crippen LogP contribution in [-0.4, -0.2) is 4.98 Å². The lowest BCUT2D eigenvalue weighted by Gasteiger charge is -2.24. The Balaban J connectivity index is 2.08. The molecule has 0 amide bonds. The van der Waals surface area contributed by atoms with Crippen LogP contribution in [0.4, 0.5) is 14.5 Å². The Bertz CT molecular complexity index is 709. The first kappa shape index (κ1) is 12.9. The summed E-state index contributed by atoms with van der Waals surface area (Å²) < 4.78 is 27.8. The molecule has 0 saturated heterocycles. The van der Waals surface area contributed by atoms with E-state index < -0.39 is 17.0 Å². The van der Waals surface area contributed by atoms with Gasteiger partial charge in [0, 0.05) is 24.7 Å². The molecule has 0 spiro atoms. The Kier molecular flexibility index (Phi) is 3.31. The van der Waals surface area contributed by atoms with Gasteiger partial charge in [0.1, 0.15) is 22.7 Å². The number of nitrogens with zero attached hydrogens (tertiary/aromatic N) is 1. The molecule has 0 saturated carbocycles. The number of anilines is 1. The fourth-order valence-corrected chi connectivity index (χ4v) is 3.11. The van der Waals surface area contributed by atoms with Gasteiger partial charge in [-0.3, -0.25) is 4.79 Å². The largest absolute Gasteiger partial charge is 0.366 e. The van der Waals surface area contributed by atoms with Gasteiger partial charge >= 0.3 is 0 Å². The van der Waals surface area contributed by atoms with Gasteiger partial charge in [0.25, 0.3) is 0 Å². The molecule has 1 N–H and O–H groups in total. The van der Waals surface area contributed by atoms with E-state index in [1.807, 2.05) is 0 Å². The number of rotatable bonds is 2. The third kappa shape index (κ3) is 2.12. The van der Waals surface area contributed by atoms with Gasteiger partial charge in [-0.25, -0.2) is 8.78 Å². The zero-order chi connectivity index (χ0) is 14.1. The van der Waals surface area contributed by atoms with Crippen molar-refractivity contribution >= 4 is 17.4 Å². The summed E-state index contributed by atoms with van der Waals surface area (Å²) in [6.07, 6.45) is 4.67. The van der Waals surface area contributed by atoms with Crippen LogP contribution in [-0.2, 0) is 0 Å². The second kappa shape index (κ2) is 5.13. The van der Waals surface area contributed by atoms with E-state index in [2.05, 4.69) is 4.98 Å². The summed E-state index contributed by atoms with van der Waals surface area (Å²) in [5.41, 5.74) is 0.0878. The van der Waals surface area contributed by atoms with Crippen LogP contribution >= 0.6 is 11.8 Å². The summed E-state index contributed by atoms with van der Waals surface area (Å²) in [5.74, 6) is -1.24. The predicted molar refractivity (Wildman–Crippen MR) is 75.4 cm³/mol. The summed E-state index contributed by atoms with van der Waals surface area (Å²) in [6, 6.07) is 5.12. The molecule has 0 aliphatic carbocycles. The minimum atomic E-state index is -0.625. The van der Waals surface area contributed by atoms with Crippen LogP contribution < -0.4 is 10.3 Å². The molecular formula is C14H10F2N2OS. The van der Waals surface area contributed by atoms with Crippen molar-refractivity contribution in [1.82, 2.24) is 4.98 Å². The molecule has 1 atom stereocenters. The minimum absolute atomic E-state index is 0.0502. The summed E-state index contributed by atoms with van der Waals surface area (Å²) >= 11 is 1.25. The maximum atomic E-state index is 13.9. The molecule has 1 aliphatic rings. The van der Waals surface area contributed by atoms with Crippen molar-refractivity contribution in [2.75, 3.05) is 4.90 Å². The molecule has 0 bridgehead atoms. The fourth-order valence-electron chi connectivity index (χ4n) is 2.09. The van der Waals surface area contributed by atoms with Gasteiger partial charge in [-0.15, -0.1) is 11.8 Å². The lowest BCUT2D eigenvalue weighted by Crippen LogP contribution is -2.24. The number of pyridine rings is 1. The summed E-state index contributed by atoms with van der Waals surface area (Å²) in [7, 11) is 0. The minimum Gasteiger partial charge on any atom is -0.366 e. The summed E-state index contributed by atoms with van der Waals surface area (Å²) in [5, 5.41) is 1.09. The van der Waals surface area contributed by atoms with E-state index in [0.29, 0.717) is 5.69 Å². The Morgan fingerprint density at radius 3 is 2.65 bits per heavy atom. The first-order valence-electron chi connectivity index (χ1n) is 5.90. The maximum Gasteiger partial charge on any atom is 0.205 e. The maximum absolute atomic E-state index is 13.9. The highest BCUT2D eigenvalue weighted by Crippen LogP contribution is 2.42. The Morgan fingerprint density at radius 2 is 1.95 bits per heavy atom. The second-order valence-electron chi connectivity index (χ2n) is 4.21. The molecule has 3 nitrogen and oxygen atoms in total. The van der Waals surface area contributed by atoms with Gasteiger partial charge in [-0.05, 0) is 17.5 Å². The van der Waals surface area contributed by atoms with E-state index in [4.69, 9.17) is 0 Å². The standard InChI is InChI=1S/C14H10F2N2OS/c15-9-2-1-3-10(16)13(9)14-18(6-7-20-14)11-8-17-5-4-12(11)19/h1-8,14H,(H,17,19). The molecule has 20 heavy (non-hydrogen) atoms. The number of hydrogen-bond acceptors (Lipinski definition) is 3. The molecule has 3 rings (SSSR count). The first-order chi connectivity index (χ1) is 9.68. The Labute approximate surface area is 117 Å². The highest BCUT2D eigenvalue weighted by molar-refractivity contribution is 8.02. The van der Waals surface area contributed by atoms with Crippen LogP contribution in [0.3, 0.4) is 0 Å². The molecular weight excluding hydrogens is 282 g/mol. The number of benzene rings is 1. The smallest absolute Gasteiger partial charge is 0.205 e. The summed E-state index contributed by atoms with van der Waals surface area (Å²) in [6.45, 7) is 0. The van der Waals surface area contributed by atoms with Crippen molar-refractivity contribution in [3.63, 3.8) is 0 Å². The van der Waals surface area contributed by atoms with Crippen molar-refractivity contribution < 1.29 is 8.78 Å². The van der Waals surface area contributed by atoms with Crippen molar-refractivity contribution in [2.45, 2.75) is 5.37 Å². The number of nitrogens with one attached hydrogen (secondary N) is 1. The van der Waals surface area contributed by atoms with Crippen molar-refractivity contribution in [3.8, 4) is 0 Å². The number of halogens is 2. The number of hydrogen-bond donors (Lipinski definition) is 1. The molecule has 102 valence electrons. The quantitative estimate of drug-likeness (QED) is 0.922. The zero-order valence-electron chi connectivity index (χ0n) is 10.2. The van der Waals surface area contributed by atoms with Crippen LogP contribution in [0, 0.1) is 11.6 Å². The van der Waals surface area contributed by atoms with E-state index in [9.17, 15) is 13.6 Å². The van der Waals surface area contributed by atoms with Crippen LogP contribution in [0.5, 0.6) is 0 Å². The van der Waals surface area contributed by atoms with E-state index in [-0.39, 0.29) is 11.0 Å². The molecule has 2 aromatic rings. The number of H-pyrrole nitrogens is 1. The normalized spacial score (nSPS) is 17.7. The van der Waals surface area contributed by atoms with Gasteiger partial charge in [-0.1, -0.05) is 6.07 Å². The number of thioether (sulfide) groups is 1. The SMILES string of the molecule is O=c1cc[nH]cc1N1C=CSC1c1c(F)cccc1F. The van der Waals surface area contributed by atoms with Gasteiger partial charge in [0.15, 0.2) is 0 Å². The van der Waals surface area contributed by atoms with Gasteiger partial charge in [0.2, 0.25) is 5.43 Å². The second-order valence-corrected chi connectivity index (χ2v) is 5.20. The highest BCUT2D eigenvalue weighted by atomic mass is 32.2. The third-order valence-corrected chi connectivity index (χ3v) is 4.01. The van der Waals surface area contributed by atoms with Crippen LogP contribution in [0.1, 0.15) is 10.9 Å². The Hall–Kier alpha value is -2.08. The zero-order valence-corrected chi connectivity index (χ0v) is 11.0. The fraction of sp³-hybridized carbons (Fsp3) is 0.0714. The van der Waals surface area contributed by atoms with Crippen molar-refractivity contribution in [3.05, 3.63) is 75.7 Å². The van der Waals surface area contributed by atoms with Crippen LogP contribution in [0.25, 0.3) is 0 Å². The molecule has 0 fully saturated rings. The highest BCUT2D eigenvalue weighted by Gasteiger charge is 2.29. The predicted octanol–water partition coefficient (Wildman–Crippen LogP) is 3.38. The molecule has 1 aromatic heterocycles. The van der Waals surface area contributed by atoms with E-state index in [0.717, 1.165) is 0 Å². The van der Waals surface area contributed by atoms with Crippen molar-refractivity contribution in [2.24, 2.45) is 0 Å². The average molecular weight is 292 g/mol. The van der Waals surface area contributed by atoms with E-state index in [1.54, 1.807) is 16.5 Å². The molecule has 1 unspecified atom stereocenters. The Morgan fingerprint density at radius 1 is 1.20 bits per heavy atom. The molecule has 2 heterocycles. The lowest BCUT2D eigenvalue weighted by atomic mass is 10.1. The van der Waals surface area contributed by atoms with Crippen LogP contribution in [0.2, 0.25) is 0 Å². The summed E-state index contributed by atoms with van der Waals surface area (Å²) in [4.78, 5) is 16.2. The first-order valence-corrected chi connectivity index (χ1v) is 6.84. The molecule has 1 aliphatic heterocycles. The molecule has 6 heteroatoms. The van der Waals surface area contributed by atoms with Gasteiger partial charge in [0.05, 0.1) is 5.56 Å². The average Bonchev–Trinajstić information content (AvgIpc) is 2.88. The van der Waals surface area contributed by atoms with E-state index in [1.165, 1.54) is 48.4 Å². The molecule has 0 radical (unpaired) electrons.